The van der Waals surface area contributed by atoms with Crippen LogP contribution in [0.1, 0.15) is 92.4 Å². The van der Waals surface area contributed by atoms with Gasteiger partial charge in [0, 0.05) is 31.1 Å². The number of ketones is 1. The summed E-state index contributed by atoms with van der Waals surface area (Å²) in [5.41, 5.74) is 1.48. The van der Waals surface area contributed by atoms with Crippen LogP contribution < -0.4 is 0 Å². The second-order valence-corrected chi connectivity index (χ2v) is 13.2. The van der Waals surface area contributed by atoms with Crippen molar-refractivity contribution in [2.45, 2.75) is 105 Å². The quantitative estimate of drug-likeness (QED) is 0.521. The minimum Gasteiger partial charge on any atom is -0.458 e. The molecule has 0 saturated heterocycles. The highest BCUT2D eigenvalue weighted by Crippen LogP contribution is 2.80. The van der Waals surface area contributed by atoms with Crippen molar-refractivity contribution in [3.8, 4) is 0 Å². The van der Waals surface area contributed by atoms with E-state index in [4.69, 9.17) is 9.57 Å². The number of hydrogen-bond donors (Lipinski definition) is 0. The monoisotopic (exact) mass is 455 g/mol. The molecule has 5 fully saturated rings. The highest BCUT2D eigenvalue weighted by atomic mass is 16.7. The number of fused-ring (bicyclic) bond motifs is 4. The summed E-state index contributed by atoms with van der Waals surface area (Å²) >= 11 is 0. The van der Waals surface area contributed by atoms with E-state index in [2.05, 4.69) is 25.9 Å². The highest BCUT2D eigenvalue weighted by Gasteiger charge is 2.77. The first-order valence-electron chi connectivity index (χ1n) is 13.5. The molecule has 0 unspecified atom stereocenters. The zero-order valence-electron chi connectivity index (χ0n) is 21.1. The largest absolute Gasteiger partial charge is 0.458 e. The average molecular weight is 456 g/mol. The summed E-state index contributed by atoms with van der Waals surface area (Å²) in [7, 11) is 0. The number of Topliss-reactive ketones (excluding diaryl/α,β-unsaturated/α-hetero) is 1. The van der Waals surface area contributed by atoms with Gasteiger partial charge in [-0.2, -0.15) is 0 Å². The van der Waals surface area contributed by atoms with E-state index in [1.54, 1.807) is 0 Å². The van der Waals surface area contributed by atoms with Crippen LogP contribution >= 0.6 is 0 Å². The lowest BCUT2D eigenvalue weighted by atomic mass is 9.45. The van der Waals surface area contributed by atoms with Crippen LogP contribution in [0.4, 0.5) is 0 Å². The normalized spacial score (nSPS) is 51.4. The van der Waals surface area contributed by atoms with Crippen LogP contribution in [-0.4, -0.2) is 29.7 Å². The van der Waals surface area contributed by atoms with Gasteiger partial charge in [0.15, 0.2) is 6.10 Å². The third-order valence-corrected chi connectivity index (χ3v) is 12.0. The smallest absolute Gasteiger partial charge is 0.303 e. The molecule has 6 aliphatic rings. The molecule has 5 heteroatoms. The van der Waals surface area contributed by atoms with Crippen molar-refractivity contribution < 1.29 is 19.2 Å². The van der Waals surface area contributed by atoms with E-state index in [1.165, 1.54) is 45.4 Å². The van der Waals surface area contributed by atoms with Crippen LogP contribution in [0.5, 0.6) is 0 Å². The zero-order chi connectivity index (χ0) is 23.3. The number of nitrogens with zero attached hydrogens (tertiary/aromatic N) is 1. The molecule has 0 aromatic heterocycles. The van der Waals surface area contributed by atoms with Gasteiger partial charge in [0.25, 0.3) is 0 Å². The van der Waals surface area contributed by atoms with Crippen LogP contribution in [0.2, 0.25) is 0 Å². The highest BCUT2D eigenvalue weighted by molar-refractivity contribution is 5.91. The predicted molar refractivity (Wildman–Crippen MR) is 125 cm³/mol. The molecule has 0 radical (unpaired) electrons. The maximum atomic E-state index is 13.6. The SMILES string of the molecule is CC(=O)O[C@H]([C@@H](C)[C@H]1CC[C@H]2[C@@H]3CC(=O)[C@]45C[C@H]4CC[C@]5(C)[C@H]3CC[C@]12C)[C@@H]1CC(C)=NO1. The molecule has 0 aromatic rings. The Labute approximate surface area is 198 Å². The van der Waals surface area contributed by atoms with E-state index in [-0.39, 0.29) is 40.3 Å². The molecule has 0 N–H and O–H groups in total. The molecule has 0 bridgehead atoms. The van der Waals surface area contributed by atoms with Crippen LogP contribution in [0.15, 0.2) is 5.16 Å². The number of carbonyl (C=O) groups is 2. The first-order valence-corrected chi connectivity index (χ1v) is 13.5. The van der Waals surface area contributed by atoms with Gasteiger partial charge in [0.1, 0.15) is 11.9 Å². The van der Waals surface area contributed by atoms with E-state index in [0.717, 1.165) is 25.0 Å². The summed E-state index contributed by atoms with van der Waals surface area (Å²) < 4.78 is 5.91. The Morgan fingerprint density at radius 3 is 2.58 bits per heavy atom. The first kappa shape index (κ1) is 22.1. The van der Waals surface area contributed by atoms with Gasteiger partial charge in [-0.25, -0.2) is 0 Å². The van der Waals surface area contributed by atoms with Crippen molar-refractivity contribution >= 4 is 17.5 Å². The third-order valence-electron chi connectivity index (χ3n) is 12.0. The van der Waals surface area contributed by atoms with E-state index in [1.807, 2.05) is 6.92 Å². The Kier molecular flexibility index (Phi) is 4.73. The molecule has 6 rings (SSSR count). The number of hydrogen-bond acceptors (Lipinski definition) is 5. The van der Waals surface area contributed by atoms with E-state index >= 15 is 0 Å². The van der Waals surface area contributed by atoms with Gasteiger partial charge in [-0.3, -0.25) is 9.59 Å². The molecule has 182 valence electrons. The van der Waals surface area contributed by atoms with Crippen molar-refractivity contribution in [1.29, 1.82) is 0 Å². The third kappa shape index (κ3) is 2.80. The number of carbonyl (C=O) groups excluding carboxylic acids is 2. The van der Waals surface area contributed by atoms with Gasteiger partial charge in [-0.05, 0) is 92.3 Å². The average Bonchev–Trinajstić information content (AvgIpc) is 2.98. The lowest BCUT2D eigenvalue weighted by molar-refractivity contribution is -0.166. The summed E-state index contributed by atoms with van der Waals surface area (Å²) in [6, 6.07) is 0. The van der Waals surface area contributed by atoms with Crippen molar-refractivity contribution in [2.24, 2.45) is 56.9 Å². The molecule has 33 heavy (non-hydrogen) atoms. The van der Waals surface area contributed by atoms with Crippen molar-refractivity contribution in [2.75, 3.05) is 0 Å². The molecule has 5 saturated carbocycles. The summed E-state index contributed by atoms with van der Waals surface area (Å²) in [5, 5.41) is 4.15. The van der Waals surface area contributed by atoms with Crippen molar-refractivity contribution in [3.63, 3.8) is 0 Å². The molecule has 11 atom stereocenters. The van der Waals surface area contributed by atoms with Gasteiger partial charge in [0.05, 0.1) is 5.71 Å². The topological polar surface area (TPSA) is 65.0 Å². The lowest BCUT2D eigenvalue weighted by Gasteiger charge is -2.58. The number of ether oxygens (including phenoxy) is 1. The minimum absolute atomic E-state index is 0.0608. The molecule has 1 aliphatic heterocycles. The minimum atomic E-state index is -0.266. The van der Waals surface area contributed by atoms with Crippen LogP contribution in [0, 0.1) is 51.8 Å². The lowest BCUT2D eigenvalue weighted by Crippen LogP contribution is -2.55. The summed E-state index contributed by atoms with van der Waals surface area (Å²) in [4.78, 5) is 31.3. The van der Waals surface area contributed by atoms with E-state index in [0.29, 0.717) is 35.4 Å². The first-order chi connectivity index (χ1) is 15.6. The summed E-state index contributed by atoms with van der Waals surface area (Å²) in [5.74, 6) is 3.64. The van der Waals surface area contributed by atoms with Gasteiger partial charge >= 0.3 is 5.97 Å². The molecular formula is C28H41NO4. The fourth-order valence-corrected chi connectivity index (χ4v) is 10.6. The van der Waals surface area contributed by atoms with E-state index in [9.17, 15) is 9.59 Å². The van der Waals surface area contributed by atoms with Gasteiger partial charge < -0.3 is 9.57 Å². The molecular weight excluding hydrogens is 414 g/mol. The van der Waals surface area contributed by atoms with Crippen LogP contribution in [0.25, 0.3) is 0 Å². The van der Waals surface area contributed by atoms with Crippen molar-refractivity contribution in [3.05, 3.63) is 0 Å². The Morgan fingerprint density at radius 1 is 1.12 bits per heavy atom. The molecule has 0 aromatic carbocycles. The Morgan fingerprint density at radius 2 is 1.91 bits per heavy atom. The van der Waals surface area contributed by atoms with Crippen LogP contribution in [-0.2, 0) is 19.2 Å². The Balaban J connectivity index is 1.26. The Bertz CT molecular complexity index is 914. The maximum absolute atomic E-state index is 13.6. The maximum Gasteiger partial charge on any atom is 0.303 e. The summed E-state index contributed by atoms with van der Waals surface area (Å²) in [6.45, 7) is 10.7. The molecule has 5 nitrogen and oxygen atoms in total. The molecule has 0 amide bonds. The van der Waals surface area contributed by atoms with Crippen LogP contribution in [0.3, 0.4) is 0 Å². The number of rotatable bonds is 4. The predicted octanol–water partition coefficient (Wildman–Crippen LogP) is 5.56. The number of esters is 1. The second-order valence-electron chi connectivity index (χ2n) is 13.2. The molecule has 1 spiro atoms. The van der Waals surface area contributed by atoms with Gasteiger partial charge in [-0.1, -0.05) is 25.9 Å². The fraction of sp³-hybridized carbons (Fsp3) is 0.893. The Hall–Kier alpha value is -1.39. The van der Waals surface area contributed by atoms with Crippen molar-refractivity contribution in [1.82, 2.24) is 0 Å². The van der Waals surface area contributed by atoms with Gasteiger partial charge in [-0.15, -0.1) is 0 Å². The molecule has 5 aliphatic carbocycles. The van der Waals surface area contributed by atoms with E-state index < -0.39 is 0 Å². The number of oxime groups is 1. The summed E-state index contributed by atoms with van der Waals surface area (Å²) in [6.07, 6.45) is 9.71. The second kappa shape index (κ2) is 7.07. The molecule has 1 heterocycles. The standard InChI is InChI=1S/C28H41NO4/c1-15-12-23(33-29-15)25(32-17(3)30)16(2)20-6-7-21-19-13-24(31)28-14-18(28)8-11-27(28,5)22(19)9-10-26(20,21)4/h16,18-23,25H,6-14H2,1-5H3/t16-,18+,19-,20+,21-,22-,23-,25+,26+,27+,28-/m0/s1. The van der Waals surface area contributed by atoms with Gasteiger partial charge in [0.2, 0.25) is 0 Å². The fourth-order valence-electron chi connectivity index (χ4n) is 10.6. The zero-order valence-corrected chi connectivity index (χ0v) is 21.1.